The fourth-order valence-electron chi connectivity index (χ4n) is 4.11. The van der Waals surface area contributed by atoms with Gasteiger partial charge < -0.3 is 9.47 Å². The van der Waals surface area contributed by atoms with Crippen molar-refractivity contribution in [3.05, 3.63) is 89.1 Å². The molecule has 5 rings (SSSR count). The summed E-state index contributed by atoms with van der Waals surface area (Å²) in [6.07, 6.45) is 3.49. The Morgan fingerprint density at radius 2 is 1.80 bits per heavy atom. The number of para-hydroxylation sites is 1. The number of sulfonamides is 1. The molecule has 30 heavy (non-hydrogen) atoms. The lowest BCUT2D eigenvalue weighted by Gasteiger charge is -2.32. The van der Waals surface area contributed by atoms with Gasteiger partial charge in [-0.3, -0.25) is 4.31 Å². The van der Waals surface area contributed by atoms with Gasteiger partial charge in [0.25, 0.3) is 10.0 Å². The van der Waals surface area contributed by atoms with Crippen LogP contribution in [0, 0.1) is 6.92 Å². The van der Waals surface area contributed by atoms with E-state index in [4.69, 9.17) is 9.47 Å². The molecule has 0 aromatic heterocycles. The number of hydrogen-bond donors (Lipinski definition) is 0. The number of ether oxygens (including phenoxy) is 2. The van der Waals surface area contributed by atoms with Crippen molar-refractivity contribution in [2.75, 3.05) is 13.7 Å². The molecule has 152 valence electrons. The van der Waals surface area contributed by atoms with Crippen LogP contribution in [0.4, 0.5) is 0 Å². The van der Waals surface area contributed by atoms with E-state index in [0.29, 0.717) is 11.5 Å². The molecule has 0 radical (unpaired) electrons. The summed E-state index contributed by atoms with van der Waals surface area (Å²) in [5.74, 6) is 1.83. The molecule has 1 atom stereocenters. The van der Waals surface area contributed by atoms with Crippen LogP contribution in [0.15, 0.2) is 71.8 Å². The molecule has 0 N–H and O–H groups in total. The van der Waals surface area contributed by atoms with Gasteiger partial charge in [0.15, 0.2) is 11.5 Å². The monoisotopic (exact) mass is 419 g/mol. The van der Waals surface area contributed by atoms with Gasteiger partial charge in [0.05, 0.1) is 12.0 Å². The Hall–Kier alpha value is -3.25. The summed E-state index contributed by atoms with van der Waals surface area (Å²) in [4.78, 5) is 0.279. The standard InChI is InChI=1S/C24H21NO4S/c1-16-7-10-18(11-8-16)30(26,27)25-14-13-17-9-12-22(28-2)24-23(17)20(15-25)19-5-3-4-6-21(19)29-24/h3-14,20H,15H2,1-2H3. The van der Waals surface area contributed by atoms with Gasteiger partial charge in [0.2, 0.25) is 0 Å². The van der Waals surface area contributed by atoms with E-state index in [-0.39, 0.29) is 17.4 Å². The normalized spacial score (nSPS) is 16.9. The fourth-order valence-corrected chi connectivity index (χ4v) is 5.43. The quantitative estimate of drug-likeness (QED) is 0.605. The van der Waals surface area contributed by atoms with Crippen molar-refractivity contribution in [1.29, 1.82) is 0 Å². The van der Waals surface area contributed by atoms with Crippen molar-refractivity contribution < 1.29 is 17.9 Å². The zero-order chi connectivity index (χ0) is 20.9. The maximum Gasteiger partial charge on any atom is 0.263 e. The van der Waals surface area contributed by atoms with E-state index in [1.807, 2.05) is 61.5 Å². The molecule has 0 amide bonds. The second-order valence-corrected chi connectivity index (χ2v) is 9.39. The van der Waals surface area contributed by atoms with Crippen LogP contribution in [0.25, 0.3) is 6.08 Å². The number of hydrogen-bond acceptors (Lipinski definition) is 4. The molecule has 5 nitrogen and oxygen atoms in total. The minimum absolute atomic E-state index is 0.176. The Balaban J connectivity index is 1.66. The Bertz CT molecular complexity index is 1260. The summed E-state index contributed by atoms with van der Waals surface area (Å²) in [6, 6.07) is 18.5. The van der Waals surface area contributed by atoms with Crippen LogP contribution in [0.5, 0.6) is 17.2 Å². The van der Waals surface area contributed by atoms with Crippen LogP contribution in [0.1, 0.15) is 28.2 Å². The van der Waals surface area contributed by atoms with Gasteiger partial charge in [0.1, 0.15) is 5.75 Å². The van der Waals surface area contributed by atoms with E-state index in [1.54, 1.807) is 25.4 Å². The smallest absolute Gasteiger partial charge is 0.263 e. The SMILES string of the molecule is COc1ccc2c3c1Oc1ccccc1C3CN(S(=O)(=O)c1ccc(C)cc1)C=C2. The van der Waals surface area contributed by atoms with Crippen molar-refractivity contribution in [3.8, 4) is 17.2 Å². The number of aryl methyl sites for hydroxylation is 1. The highest BCUT2D eigenvalue weighted by atomic mass is 32.2. The van der Waals surface area contributed by atoms with E-state index < -0.39 is 10.0 Å². The molecule has 0 spiro atoms. The molecule has 3 aromatic rings. The van der Waals surface area contributed by atoms with Crippen molar-refractivity contribution >= 4 is 16.1 Å². The van der Waals surface area contributed by atoms with Crippen molar-refractivity contribution in [2.24, 2.45) is 0 Å². The minimum Gasteiger partial charge on any atom is -0.493 e. The first-order chi connectivity index (χ1) is 14.5. The molecule has 3 aromatic carbocycles. The van der Waals surface area contributed by atoms with Gasteiger partial charge in [0, 0.05) is 29.8 Å². The fraction of sp³-hybridized carbons (Fsp3) is 0.167. The van der Waals surface area contributed by atoms with Crippen LogP contribution in [-0.4, -0.2) is 26.4 Å². The summed E-state index contributed by atoms with van der Waals surface area (Å²) in [6.45, 7) is 2.22. The average molecular weight is 420 g/mol. The van der Waals surface area contributed by atoms with E-state index in [9.17, 15) is 8.42 Å². The Kier molecular flexibility index (Phi) is 4.33. The van der Waals surface area contributed by atoms with Gasteiger partial charge in [-0.1, -0.05) is 42.0 Å². The molecule has 0 fully saturated rings. The molecule has 1 unspecified atom stereocenters. The summed E-state index contributed by atoms with van der Waals surface area (Å²) in [7, 11) is -2.09. The minimum atomic E-state index is -3.70. The van der Waals surface area contributed by atoms with E-state index >= 15 is 0 Å². The molecule has 0 saturated carbocycles. The average Bonchev–Trinajstić information content (AvgIpc) is 2.96. The number of benzene rings is 3. The van der Waals surface area contributed by atoms with Crippen molar-refractivity contribution in [3.63, 3.8) is 0 Å². The van der Waals surface area contributed by atoms with Gasteiger partial charge in [-0.15, -0.1) is 0 Å². The van der Waals surface area contributed by atoms with E-state index in [2.05, 4.69) is 0 Å². The number of rotatable bonds is 3. The van der Waals surface area contributed by atoms with E-state index in [1.165, 1.54) is 4.31 Å². The molecule has 0 bridgehead atoms. The molecule has 2 heterocycles. The highest BCUT2D eigenvalue weighted by Gasteiger charge is 2.36. The number of fused-ring (bicyclic) bond motifs is 2. The maximum atomic E-state index is 13.4. The summed E-state index contributed by atoms with van der Waals surface area (Å²) in [5.41, 5.74) is 3.85. The summed E-state index contributed by atoms with van der Waals surface area (Å²) >= 11 is 0. The molecular formula is C24H21NO4S. The molecule has 2 aliphatic rings. The van der Waals surface area contributed by atoms with Gasteiger partial charge >= 0.3 is 0 Å². The first-order valence-corrected chi connectivity index (χ1v) is 11.2. The van der Waals surface area contributed by atoms with Crippen molar-refractivity contribution in [2.45, 2.75) is 17.7 Å². The van der Waals surface area contributed by atoms with Crippen LogP contribution >= 0.6 is 0 Å². The summed E-state index contributed by atoms with van der Waals surface area (Å²) in [5, 5.41) is 0. The Labute approximate surface area is 176 Å². The zero-order valence-corrected chi connectivity index (χ0v) is 17.5. The van der Waals surface area contributed by atoms with Gasteiger partial charge in [-0.25, -0.2) is 8.42 Å². The van der Waals surface area contributed by atoms with Gasteiger partial charge in [-0.05, 0) is 42.8 Å². The van der Waals surface area contributed by atoms with Crippen LogP contribution in [0.3, 0.4) is 0 Å². The molecule has 6 heteroatoms. The highest BCUT2D eigenvalue weighted by Crippen LogP contribution is 2.51. The largest absolute Gasteiger partial charge is 0.493 e. The third-order valence-corrected chi connectivity index (χ3v) is 7.44. The van der Waals surface area contributed by atoms with Crippen LogP contribution in [0.2, 0.25) is 0 Å². The van der Waals surface area contributed by atoms with Gasteiger partial charge in [-0.2, -0.15) is 0 Å². The van der Waals surface area contributed by atoms with Crippen molar-refractivity contribution in [1.82, 2.24) is 4.31 Å². The third kappa shape index (κ3) is 2.87. The third-order valence-electron chi connectivity index (χ3n) is 5.68. The first-order valence-electron chi connectivity index (χ1n) is 9.73. The number of nitrogens with zero attached hydrogens (tertiary/aromatic N) is 1. The molecule has 2 aliphatic heterocycles. The lowest BCUT2D eigenvalue weighted by molar-refractivity contribution is 0.363. The Morgan fingerprint density at radius 3 is 2.57 bits per heavy atom. The first kappa shape index (κ1) is 18.8. The lowest BCUT2D eigenvalue weighted by Crippen LogP contribution is -2.31. The predicted molar refractivity (Wildman–Crippen MR) is 115 cm³/mol. The second-order valence-electron chi connectivity index (χ2n) is 7.50. The molecular weight excluding hydrogens is 398 g/mol. The molecule has 0 saturated heterocycles. The second kappa shape index (κ2) is 6.92. The zero-order valence-electron chi connectivity index (χ0n) is 16.7. The topological polar surface area (TPSA) is 55.8 Å². The molecule has 0 aliphatic carbocycles. The maximum absolute atomic E-state index is 13.4. The Morgan fingerprint density at radius 1 is 1.03 bits per heavy atom. The summed E-state index contributed by atoms with van der Waals surface area (Å²) < 4.78 is 40.0. The van der Waals surface area contributed by atoms with Crippen LogP contribution < -0.4 is 9.47 Å². The predicted octanol–water partition coefficient (Wildman–Crippen LogP) is 4.92. The van der Waals surface area contributed by atoms with Crippen LogP contribution in [-0.2, 0) is 10.0 Å². The highest BCUT2D eigenvalue weighted by molar-refractivity contribution is 7.89. The number of methoxy groups -OCH3 is 1. The lowest BCUT2D eigenvalue weighted by atomic mass is 9.85. The van der Waals surface area contributed by atoms with E-state index in [0.717, 1.165) is 28.0 Å².